The van der Waals surface area contributed by atoms with Gasteiger partial charge in [0.05, 0.1) is 10.5 Å². The number of amides is 2. The highest BCUT2D eigenvalue weighted by atomic mass is 32.2. The Morgan fingerprint density at radius 1 is 1.06 bits per heavy atom. The van der Waals surface area contributed by atoms with Crippen molar-refractivity contribution in [2.75, 3.05) is 13.3 Å². The Bertz CT molecular complexity index is 479. The van der Waals surface area contributed by atoms with Crippen molar-refractivity contribution in [3.8, 4) is 0 Å². The first-order valence-corrected chi connectivity index (χ1v) is 6.05. The van der Waals surface area contributed by atoms with Gasteiger partial charge in [0.15, 0.2) is 0 Å². The number of hydrogen-bond acceptors (Lipinski definition) is 3. The molecule has 4 heteroatoms. The summed E-state index contributed by atoms with van der Waals surface area (Å²) < 4.78 is 0. The van der Waals surface area contributed by atoms with Crippen molar-refractivity contribution in [1.29, 1.82) is 0 Å². The molecule has 2 rings (SSSR count). The molecule has 0 fully saturated rings. The third kappa shape index (κ3) is 1.55. The summed E-state index contributed by atoms with van der Waals surface area (Å²) in [5.74, 6) is -0.433. The molecule has 1 heterocycles. The van der Waals surface area contributed by atoms with Crippen LogP contribution in [0.5, 0.6) is 0 Å². The highest BCUT2D eigenvalue weighted by Crippen LogP contribution is 2.33. The van der Waals surface area contributed by atoms with Gasteiger partial charge >= 0.3 is 0 Å². The van der Waals surface area contributed by atoms with Gasteiger partial charge in [-0.1, -0.05) is 30.3 Å². The monoisotopic (exact) mass is 233 g/mol. The predicted octanol–water partition coefficient (Wildman–Crippen LogP) is 1.76. The van der Waals surface area contributed by atoms with E-state index in [-0.39, 0.29) is 11.8 Å². The maximum atomic E-state index is 11.9. The fourth-order valence-electron chi connectivity index (χ4n) is 1.67. The van der Waals surface area contributed by atoms with Gasteiger partial charge in [0, 0.05) is 7.05 Å². The summed E-state index contributed by atoms with van der Waals surface area (Å²) in [6, 6.07) is 9.28. The second-order valence-corrected chi connectivity index (χ2v) is 4.26. The first-order chi connectivity index (χ1) is 7.66. The number of nitrogens with zero attached hydrogens (tertiary/aromatic N) is 1. The van der Waals surface area contributed by atoms with Crippen LogP contribution in [-0.2, 0) is 9.59 Å². The molecule has 1 aromatic carbocycles. The molecule has 2 amide bonds. The summed E-state index contributed by atoms with van der Waals surface area (Å²) in [5.41, 5.74) is 1.31. The predicted molar refractivity (Wildman–Crippen MR) is 64.7 cm³/mol. The van der Waals surface area contributed by atoms with E-state index >= 15 is 0 Å². The number of carbonyl (C=O) groups excluding carboxylic acids is 2. The Morgan fingerprint density at radius 2 is 1.69 bits per heavy atom. The van der Waals surface area contributed by atoms with Crippen molar-refractivity contribution in [2.45, 2.75) is 0 Å². The Hall–Kier alpha value is -1.55. The van der Waals surface area contributed by atoms with E-state index in [9.17, 15) is 9.59 Å². The molecule has 0 radical (unpaired) electrons. The molecule has 82 valence electrons. The lowest BCUT2D eigenvalue weighted by Crippen LogP contribution is -2.26. The molecule has 0 aliphatic carbocycles. The lowest BCUT2D eigenvalue weighted by Gasteiger charge is -2.06. The van der Waals surface area contributed by atoms with Crippen LogP contribution in [0.1, 0.15) is 5.56 Å². The third-order valence-corrected chi connectivity index (χ3v) is 3.30. The van der Waals surface area contributed by atoms with Crippen molar-refractivity contribution in [1.82, 2.24) is 4.90 Å². The molecule has 16 heavy (non-hydrogen) atoms. The summed E-state index contributed by atoms with van der Waals surface area (Å²) >= 11 is 1.32. The molecule has 0 bridgehead atoms. The van der Waals surface area contributed by atoms with Gasteiger partial charge in [0.2, 0.25) is 0 Å². The van der Waals surface area contributed by atoms with E-state index in [0.29, 0.717) is 10.5 Å². The Morgan fingerprint density at radius 3 is 2.25 bits per heavy atom. The zero-order valence-electron chi connectivity index (χ0n) is 9.06. The molecule has 0 spiro atoms. The fourth-order valence-corrected chi connectivity index (χ4v) is 2.39. The van der Waals surface area contributed by atoms with Gasteiger partial charge in [0.1, 0.15) is 0 Å². The van der Waals surface area contributed by atoms with Crippen molar-refractivity contribution in [3.63, 3.8) is 0 Å². The Kier molecular flexibility index (Phi) is 2.83. The normalized spacial score (nSPS) is 16.2. The summed E-state index contributed by atoms with van der Waals surface area (Å²) in [5, 5.41) is 0. The summed E-state index contributed by atoms with van der Waals surface area (Å²) in [7, 11) is 1.51. The average molecular weight is 233 g/mol. The highest BCUT2D eigenvalue weighted by Gasteiger charge is 2.35. The summed E-state index contributed by atoms with van der Waals surface area (Å²) in [4.78, 5) is 25.4. The van der Waals surface area contributed by atoms with Crippen LogP contribution in [0.4, 0.5) is 0 Å². The van der Waals surface area contributed by atoms with E-state index in [1.54, 1.807) is 0 Å². The molecule has 0 unspecified atom stereocenters. The quantitative estimate of drug-likeness (QED) is 0.730. The second-order valence-electron chi connectivity index (χ2n) is 3.44. The fraction of sp³-hybridized carbons (Fsp3) is 0.167. The SMILES string of the molecule is CSC1=C(c2ccccc2)C(=O)N(C)C1=O. The number of hydrogen-bond donors (Lipinski definition) is 0. The molecule has 0 atom stereocenters. The lowest BCUT2D eigenvalue weighted by molar-refractivity contribution is -0.134. The van der Waals surface area contributed by atoms with Crippen LogP contribution in [0.15, 0.2) is 35.2 Å². The van der Waals surface area contributed by atoms with Crippen LogP contribution in [0.3, 0.4) is 0 Å². The maximum absolute atomic E-state index is 11.9. The van der Waals surface area contributed by atoms with Crippen LogP contribution >= 0.6 is 11.8 Å². The van der Waals surface area contributed by atoms with E-state index in [0.717, 1.165) is 10.5 Å². The van der Waals surface area contributed by atoms with E-state index < -0.39 is 0 Å². The standard InChI is InChI=1S/C12H11NO2S/c1-13-11(14)9(10(16-2)12(13)15)8-6-4-3-5-7-8/h3-7H,1-2H3. The minimum Gasteiger partial charge on any atom is -0.277 e. The number of thioether (sulfide) groups is 1. The van der Waals surface area contributed by atoms with Gasteiger partial charge in [-0.15, -0.1) is 11.8 Å². The summed E-state index contributed by atoms with van der Waals surface area (Å²) in [6.45, 7) is 0. The lowest BCUT2D eigenvalue weighted by atomic mass is 10.1. The molecular weight excluding hydrogens is 222 g/mol. The van der Waals surface area contributed by atoms with E-state index in [4.69, 9.17) is 0 Å². The first kappa shape index (κ1) is 11.0. The Balaban J connectivity index is 2.57. The second kappa shape index (κ2) is 4.14. The van der Waals surface area contributed by atoms with Gasteiger partial charge in [0.25, 0.3) is 11.8 Å². The minimum atomic E-state index is -0.222. The third-order valence-electron chi connectivity index (χ3n) is 2.51. The van der Waals surface area contributed by atoms with Crippen LogP contribution in [-0.4, -0.2) is 30.0 Å². The highest BCUT2D eigenvalue weighted by molar-refractivity contribution is 8.03. The zero-order valence-corrected chi connectivity index (χ0v) is 9.88. The van der Waals surface area contributed by atoms with Gasteiger partial charge in [-0.2, -0.15) is 0 Å². The molecular formula is C12H11NO2S. The molecule has 0 aromatic heterocycles. The van der Waals surface area contributed by atoms with Crippen LogP contribution in [0, 0.1) is 0 Å². The van der Waals surface area contributed by atoms with Crippen LogP contribution in [0.2, 0.25) is 0 Å². The number of benzene rings is 1. The van der Waals surface area contributed by atoms with E-state index in [2.05, 4.69) is 0 Å². The number of carbonyl (C=O) groups is 2. The van der Waals surface area contributed by atoms with Crippen molar-refractivity contribution >= 4 is 29.1 Å². The van der Waals surface area contributed by atoms with E-state index in [1.807, 2.05) is 36.6 Å². The van der Waals surface area contributed by atoms with Crippen molar-refractivity contribution < 1.29 is 9.59 Å². The Labute approximate surface area is 98.1 Å². The molecule has 1 aromatic rings. The first-order valence-electron chi connectivity index (χ1n) is 4.83. The van der Waals surface area contributed by atoms with Crippen molar-refractivity contribution in [2.24, 2.45) is 0 Å². The molecule has 0 saturated heterocycles. The molecule has 0 N–H and O–H groups in total. The van der Waals surface area contributed by atoms with Crippen molar-refractivity contribution in [3.05, 3.63) is 40.8 Å². The molecule has 3 nitrogen and oxygen atoms in total. The summed E-state index contributed by atoms with van der Waals surface area (Å²) in [6.07, 6.45) is 1.81. The van der Waals surface area contributed by atoms with Crippen LogP contribution < -0.4 is 0 Å². The molecule has 1 aliphatic rings. The van der Waals surface area contributed by atoms with Gasteiger partial charge in [-0.25, -0.2) is 0 Å². The smallest absolute Gasteiger partial charge is 0.267 e. The molecule has 0 saturated carbocycles. The van der Waals surface area contributed by atoms with Gasteiger partial charge in [-0.05, 0) is 11.8 Å². The number of rotatable bonds is 2. The van der Waals surface area contributed by atoms with E-state index in [1.165, 1.54) is 18.8 Å². The maximum Gasteiger partial charge on any atom is 0.267 e. The van der Waals surface area contributed by atoms with Gasteiger partial charge < -0.3 is 0 Å². The number of imide groups is 1. The molecule has 1 aliphatic heterocycles. The topological polar surface area (TPSA) is 37.4 Å². The minimum absolute atomic E-state index is 0.212. The largest absolute Gasteiger partial charge is 0.277 e. The van der Waals surface area contributed by atoms with Gasteiger partial charge in [-0.3, -0.25) is 14.5 Å². The number of likely N-dealkylation sites (N-methyl/N-ethyl adjacent to an activating group) is 1. The van der Waals surface area contributed by atoms with Crippen LogP contribution in [0.25, 0.3) is 5.57 Å². The average Bonchev–Trinajstić information content (AvgIpc) is 2.54. The zero-order chi connectivity index (χ0) is 11.7.